The van der Waals surface area contributed by atoms with Crippen LogP contribution in [0.25, 0.3) is 27.9 Å². The molecule has 0 saturated heterocycles. The van der Waals surface area contributed by atoms with Gasteiger partial charge in [-0.1, -0.05) is 47.5 Å². The van der Waals surface area contributed by atoms with E-state index < -0.39 is 35.2 Å². The summed E-state index contributed by atoms with van der Waals surface area (Å²) in [6, 6.07) is 15.1. The smallest absolute Gasteiger partial charge is 0.244 e. The van der Waals surface area contributed by atoms with Crippen molar-refractivity contribution in [1.29, 1.82) is 0 Å². The molecule has 34 heavy (non-hydrogen) atoms. The van der Waals surface area contributed by atoms with E-state index in [1.807, 2.05) is 0 Å². The third-order valence-corrected chi connectivity index (χ3v) is 5.82. The first kappa shape index (κ1) is 22.2. The molecule has 0 fully saturated rings. The molecule has 0 N–H and O–H groups in total. The van der Waals surface area contributed by atoms with E-state index in [9.17, 15) is 18.0 Å². The van der Waals surface area contributed by atoms with Crippen molar-refractivity contribution < 1.29 is 13.2 Å². The first-order chi connectivity index (χ1) is 16.3. The van der Waals surface area contributed by atoms with Crippen LogP contribution < -0.4 is 5.69 Å². The van der Waals surface area contributed by atoms with Crippen molar-refractivity contribution in [2.75, 3.05) is 0 Å². The Labute approximate surface area is 200 Å². The van der Waals surface area contributed by atoms with Crippen molar-refractivity contribution >= 4 is 28.8 Å². The van der Waals surface area contributed by atoms with E-state index in [0.29, 0.717) is 38.9 Å². The molecule has 0 bridgehead atoms. The summed E-state index contributed by atoms with van der Waals surface area (Å²) in [6.45, 7) is -0.545. The van der Waals surface area contributed by atoms with Crippen molar-refractivity contribution in [3.63, 3.8) is 0 Å². The summed E-state index contributed by atoms with van der Waals surface area (Å²) >= 11 is 12.1. The van der Waals surface area contributed by atoms with Crippen LogP contribution in [-0.4, -0.2) is 19.4 Å². The standard InChI is InChI=1S/C24H13Cl2F3N4O/c25-15-5-1-13(2-6-15)18-11-30-33-23(22(18)14-3-7-16(26)8-4-14)31-32(24(33)34)12-19-20(28)9-17(27)10-21(19)29/h1-11H,12H2. The van der Waals surface area contributed by atoms with Gasteiger partial charge in [-0.05, 0) is 35.4 Å². The summed E-state index contributed by atoms with van der Waals surface area (Å²) in [5, 5.41) is 9.62. The molecule has 170 valence electrons. The Hall–Kier alpha value is -3.62. The molecule has 5 nitrogen and oxygen atoms in total. The molecule has 5 aromatic rings. The van der Waals surface area contributed by atoms with Gasteiger partial charge in [0.15, 0.2) is 5.65 Å². The highest BCUT2D eigenvalue weighted by molar-refractivity contribution is 6.31. The van der Waals surface area contributed by atoms with E-state index in [0.717, 1.165) is 14.8 Å². The van der Waals surface area contributed by atoms with E-state index in [1.165, 1.54) is 6.20 Å². The van der Waals surface area contributed by atoms with Crippen LogP contribution in [0.15, 0.2) is 71.7 Å². The lowest BCUT2D eigenvalue weighted by Crippen LogP contribution is -2.24. The maximum atomic E-state index is 14.2. The fourth-order valence-electron chi connectivity index (χ4n) is 3.69. The summed E-state index contributed by atoms with van der Waals surface area (Å²) in [5.41, 5.74) is 1.64. The van der Waals surface area contributed by atoms with Gasteiger partial charge in [-0.25, -0.2) is 22.6 Å². The molecule has 0 spiro atoms. The molecule has 0 unspecified atom stereocenters. The minimum Gasteiger partial charge on any atom is -0.244 e. The van der Waals surface area contributed by atoms with Gasteiger partial charge in [-0.2, -0.15) is 9.61 Å². The molecule has 0 amide bonds. The molecule has 0 aliphatic rings. The average molecular weight is 501 g/mol. The Balaban J connectivity index is 1.74. The van der Waals surface area contributed by atoms with E-state index >= 15 is 0 Å². The number of benzene rings is 3. The van der Waals surface area contributed by atoms with Crippen molar-refractivity contribution in [3.05, 3.63) is 110 Å². The molecular formula is C24H13Cl2F3N4O. The highest BCUT2D eigenvalue weighted by Gasteiger charge is 2.21. The zero-order valence-corrected chi connectivity index (χ0v) is 18.7. The van der Waals surface area contributed by atoms with E-state index in [1.54, 1.807) is 48.5 Å². The zero-order chi connectivity index (χ0) is 24.0. The largest absolute Gasteiger partial charge is 0.367 e. The molecule has 0 radical (unpaired) electrons. The topological polar surface area (TPSA) is 52.2 Å². The lowest BCUT2D eigenvalue weighted by molar-refractivity contribution is 0.505. The second kappa shape index (κ2) is 8.62. The number of fused-ring (bicyclic) bond motifs is 1. The number of rotatable bonds is 4. The van der Waals surface area contributed by atoms with E-state index in [-0.39, 0.29) is 5.65 Å². The van der Waals surface area contributed by atoms with Crippen LogP contribution in [0.3, 0.4) is 0 Å². The molecule has 2 aromatic heterocycles. The Morgan fingerprint density at radius 1 is 0.824 bits per heavy atom. The van der Waals surface area contributed by atoms with Gasteiger partial charge in [0.25, 0.3) is 0 Å². The van der Waals surface area contributed by atoms with Crippen LogP contribution in [0.5, 0.6) is 0 Å². The first-order valence-electron chi connectivity index (χ1n) is 9.96. The summed E-state index contributed by atoms with van der Waals surface area (Å²) in [4.78, 5) is 13.0. The van der Waals surface area contributed by atoms with Gasteiger partial charge in [0.05, 0.1) is 12.7 Å². The average Bonchev–Trinajstić information content (AvgIpc) is 3.12. The summed E-state index contributed by atoms with van der Waals surface area (Å²) in [5.74, 6) is -3.29. The third kappa shape index (κ3) is 3.95. The van der Waals surface area contributed by atoms with Gasteiger partial charge >= 0.3 is 5.69 Å². The lowest BCUT2D eigenvalue weighted by atomic mass is 9.97. The fraction of sp³-hybridized carbons (Fsp3) is 0.0417. The molecule has 0 aliphatic heterocycles. The lowest BCUT2D eigenvalue weighted by Gasteiger charge is -2.11. The molecule has 0 aliphatic carbocycles. The zero-order valence-electron chi connectivity index (χ0n) is 17.1. The van der Waals surface area contributed by atoms with Gasteiger partial charge < -0.3 is 0 Å². The van der Waals surface area contributed by atoms with Crippen LogP contribution in [0.4, 0.5) is 13.2 Å². The predicted octanol–water partition coefficient (Wildman–Crippen LogP) is 6.00. The summed E-state index contributed by atoms with van der Waals surface area (Å²) in [7, 11) is 0. The second-order valence-corrected chi connectivity index (χ2v) is 8.34. The number of halogens is 5. The Morgan fingerprint density at radius 2 is 1.38 bits per heavy atom. The monoisotopic (exact) mass is 500 g/mol. The molecular weight excluding hydrogens is 488 g/mol. The number of hydrogen-bond acceptors (Lipinski definition) is 3. The minimum absolute atomic E-state index is 0.169. The molecule has 3 aromatic carbocycles. The van der Waals surface area contributed by atoms with E-state index in [2.05, 4.69) is 10.2 Å². The van der Waals surface area contributed by atoms with Crippen molar-refractivity contribution in [2.24, 2.45) is 0 Å². The maximum Gasteiger partial charge on any atom is 0.367 e. The quantitative estimate of drug-likeness (QED) is 0.304. The maximum absolute atomic E-state index is 14.2. The fourth-order valence-corrected chi connectivity index (χ4v) is 3.94. The Morgan fingerprint density at radius 3 is 1.97 bits per heavy atom. The van der Waals surface area contributed by atoms with Crippen molar-refractivity contribution in [1.82, 2.24) is 19.4 Å². The third-order valence-electron chi connectivity index (χ3n) is 5.32. The van der Waals surface area contributed by atoms with Crippen LogP contribution in [-0.2, 0) is 6.54 Å². The number of aromatic nitrogens is 4. The van der Waals surface area contributed by atoms with Crippen LogP contribution in [0.2, 0.25) is 10.0 Å². The van der Waals surface area contributed by atoms with Crippen LogP contribution >= 0.6 is 23.2 Å². The van der Waals surface area contributed by atoms with Crippen molar-refractivity contribution in [2.45, 2.75) is 6.54 Å². The first-order valence-corrected chi connectivity index (χ1v) is 10.7. The van der Waals surface area contributed by atoms with Crippen LogP contribution in [0.1, 0.15) is 5.56 Å². The normalized spacial score (nSPS) is 11.3. The van der Waals surface area contributed by atoms with Gasteiger partial charge in [0, 0.05) is 38.9 Å². The summed E-state index contributed by atoms with van der Waals surface area (Å²) < 4.78 is 43.7. The van der Waals surface area contributed by atoms with Gasteiger partial charge in [0.2, 0.25) is 0 Å². The highest BCUT2D eigenvalue weighted by Crippen LogP contribution is 2.35. The van der Waals surface area contributed by atoms with Gasteiger partial charge in [-0.3, -0.25) is 0 Å². The second-order valence-electron chi connectivity index (χ2n) is 7.47. The Bertz CT molecular complexity index is 1570. The Kier molecular flexibility index (Phi) is 5.63. The van der Waals surface area contributed by atoms with Gasteiger partial charge in [0.1, 0.15) is 17.5 Å². The molecule has 10 heteroatoms. The van der Waals surface area contributed by atoms with E-state index in [4.69, 9.17) is 23.2 Å². The minimum atomic E-state index is -1.12. The van der Waals surface area contributed by atoms with Gasteiger partial charge in [-0.15, -0.1) is 5.10 Å². The molecule has 0 saturated carbocycles. The van der Waals surface area contributed by atoms with Crippen LogP contribution in [0, 0.1) is 17.5 Å². The van der Waals surface area contributed by atoms with Crippen molar-refractivity contribution in [3.8, 4) is 22.3 Å². The molecule has 5 rings (SSSR count). The number of hydrogen-bond donors (Lipinski definition) is 0. The molecule has 0 atom stereocenters. The molecule has 2 heterocycles. The number of nitrogens with zero attached hydrogens (tertiary/aromatic N) is 4. The SMILES string of the molecule is O=c1n(Cc2c(F)cc(F)cc2F)nc2c(-c3ccc(Cl)cc3)c(-c3ccc(Cl)cc3)cnn12. The summed E-state index contributed by atoms with van der Waals surface area (Å²) in [6.07, 6.45) is 1.51. The predicted molar refractivity (Wildman–Crippen MR) is 124 cm³/mol. The highest BCUT2D eigenvalue weighted by atomic mass is 35.5.